The molecular formula is C21H34N6O9. The van der Waals surface area contributed by atoms with Crippen molar-refractivity contribution in [1.29, 1.82) is 0 Å². The topological polar surface area (TPSA) is 214 Å². The minimum atomic E-state index is -1.51. The van der Waals surface area contributed by atoms with E-state index in [0.717, 1.165) is 10.9 Å². The fourth-order valence-corrected chi connectivity index (χ4v) is 3.24. The molecule has 2 heterocycles. The van der Waals surface area contributed by atoms with E-state index in [-0.39, 0.29) is 11.9 Å². The van der Waals surface area contributed by atoms with Crippen molar-refractivity contribution in [1.82, 2.24) is 25.2 Å². The SMILES string of the molecule is CC(C)[C@H](NC(=O)OC(C)(C)C)C(=O)N[C@@H](C)C(=O)Nc1ncn([C@@H]2O[C@H](CO)[C@@H](O)[C@H]2O)c(=O)n1. The van der Waals surface area contributed by atoms with Crippen LogP contribution in [0.1, 0.15) is 47.8 Å². The van der Waals surface area contributed by atoms with Gasteiger partial charge in [-0.1, -0.05) is 13.8 Å². The highest BCUT2D eigenvalue weighted by atomic mass is 16.6. The van der Waals surface area contributed by atoms with E-state index < -0.39 is 72.4 Å². The van der Waals surface area contributed by atoms with E-state index in [1.54, 1.807) is 34.6 Å². The van der Waals surface area contributed by atoms with Crippen LogP contribution in [0, 0.1) is 5.92 Å². The lowest BCUT2D eigenvalue weighted by Crippen LogP contribution is -2.54. The second-order valence-corrected chi connectivity index (χ2v) is 9.69. The molecule has 0 radical (unpaired) electrons. The number of rotatable bonds is 8. The summed E-state index contributed by atoms with van der Waals surface area (Å²) in [6.07, 6.45) is -5.19. The lowest BCUT2D eigenvalue weighted by molar-refractivity contribution is -0.128. The highest BCUT2D eigenvalue weighted by Crippen LogP contribution is 2.27. The Morgan fingerprint density at radius 1 is 1.14 bits per heavy atom. The van der Waals surface area contributed by atoms with Gasteiger partial charge in [-0.25, -0.2) is 14.6 Å². The number of nitrogens with one attached hydrogen (secondary N) is 3. The monoisotopic (exact) mass is 514 g/mol. The zero-order valence-electron chi connectivity index (χ0n) is 21.0. The van der Waals surface area contributed by atoms with Gasteiger partial charge in [-0.15, -0.1) is 0 Å². The van der Waals surface area contributed by atoms with Gasteiger partial charge in [0.2, 0.25) is 17.8 Å². The zero-order valence-corrected chi connectivity index (χ0v) is 21.0. The Morgan fingerprint density at radius 2 is 1.78 bits per heavy atom. The number of hydrogen-bond acceptors (Lipinski definition) is 11. The number of amides is 3. The predicted molar refractivity (Wildman–Crippen MR) is 124 cm³/mol. The fourth-order valence-electron chi connectivity index (χ4n) is 3.24. The van der Waals surface area contributed by atoms with Gasteiger partial charge in [-0.3, -0.25) is 19.5 Å². The molecule has 3 amide bonds. The second kappa shape index (κ2) is 11.7. The quantitative estimate of drug-likeness (QED) is 0.228. The average molecular weight is 515 g/mol. The molecule has 1 saturated heterocycles. The summed E-state index contributed by atoms with van der Waals surface area (Å²) in [4.78, 5) is 57.1. The number of hydrogen-bond donors (Lipinski definition) is 6. The summed E-state index contributed by atoms with van der Waals surface area (Å²) in [6, 6.07) is -2.07. The first-order valence-electron chi connectivity index (χ1n) is 11.3. The van der Waals surface area contributed by atoms with Gasteiger partial charge < -0.3 is 35.4 Å². The van der Waals surface area contributed by atoms with E-state index in [1.807, 2.05) is 0 Å². The van der Waals surface area contributed by atoms with Gasteiger partial charge in [0.25, 0.3) is 0 Å². The lowest BCUT2D eigenvalue weighted by atomic mass is 10.0. The summed E-state index contributed by atoms with van der Waals surface area (Å²) < 4.78 is 11.2. The lowest BCUT2D eigenvalue weighted by Gasteiger charge is -2.26. The summed E-state index contributed by atoms with van der Waals surface area (Å²) in [7, 11) is 0. The van der Waals surface area contributed by atoms with Gasteiger partial charge in [-0.05, 0) is 33.6 Å². The van der Waals surface area contributed by atoms with Crippen molar-refractivity contribution in [2.24, 2.45) is 5.92 Å². The van der Waals surface area contributed by atoms with Crippen LogP contribution in [0.5, 0.6) is 0 Å². The van der Waals surface area contributed by atoms with Crippen molar-refractivity contribution in [2.75, 3.05) is 11.9 Å². The van der Waals surface area contributed by atoms with E-state index in [4.69, 9.17) is 9.47 Å². The Bertz CT molecular complexity index is 1010. The highest BCUT2D eigenvalue weighted by molar-refractivity contribution is 5.97. The predicted octanol–water partition coefficient (Wildman–Crippen LogP) is -1.76. The number of ether oxygens (including phenoxy) is 2. The van der Waals surface area contributed by atoms with Crippen LogP contribution in [0.3, 0.4) is 0 Å². The molecule has 0 unspecified atom stereocenters. The first kappa shape index (κ1) is 29.1. The fraction of sp³-hybridized carbons (Fsp3) is 0.714. The molecule has 202 valence electrons. The third-order valence-corrected chi connectivity index (χ3v) is 5.13. The molecule has 0 saturated carbocycles. The van der Waals surface area contributed by atoms with Gasteiger partial charge in [0, 0.05) is 0 Å². The molecule has 36 heavy (non-hydrogen) atoms. The second-order valence-electron chi connectivity index (χ2n) is 9.69. The minimum Gasteiger partial charge on any atom is -0.444 e. The normalized spacial score (nSPS) is 23.6. The van der Waals surface area contributed by atoms with Crippen LogP contribution < -0.4 is 21.6 Å². The molecule has 1 aromatic rings. The van der Waals surface area contributed by atoms with Crippen molar-refractivity contribution in [2.45, 2.75) is 83.8 Å². The first-order valence-corrected chi connectivity index (χ1v) is 11.3. The molecule has 1 aliphatic heterocycles. The van der Waals surface area contributed by atoms with E-state index in [2.05, 4.69) is 25.9 Å². The van der Waals surface area contributed by atoms with Crippen molar-refractivity contribution in [3.8, 4) is 0 Å². The highest BCUT2D eigenvalue weighted by Gasteiger charge is 2.44. The van der Waals surface area contributed by atoms with Crippen molar-refractivity contribution < 1.29 is 39.2 Å². The summed E-state index contributed by atoms with van der Waals surface area (Å²) >= 11 is 0. The molecule has 15 heteroatoms. The summed E-state index contributed by atoms with van der Waals surface area (Å²) in [5, 5.41) is 36.3. The van der Waals surface area contributed by atoms with Crippen molar-refractivity contribution in [3.05, 3.63) is 16.8 Å². The molecule has 0 bridgehead atoms. The molecular weight excluding hydrogens is 480 g/mol. The third kappa shape index (κ3) is 7.43. The Morgan fingerprint density at radius 3 is 2.28 bits per heavy atom. The zero-order chi connectivity index (χ0) is 27.4. The third-order valence-electron chi connectivity index (χ3n) is 5.13. The molecule has 1 aliphatic rings. The maximum absolute atomic E-state index is 12.7. The number of aliphatic hydroxyl groups excluding tert-OH is 3. The number of anilines is 1. The van der Waals surface area contributed by atoms with E-state index in [1.165, 1.54) is 6.92 Å². The number of carbonyl (C=O) groups excluding carboxylic acids is 3. The smallest absolute Gasteiger partial charge is 0.408 e. The molecule has 6 N–H and O–H groups in total. The number of carbonyl (C=O) groups is 3. The van der Waals surface area contributed by atoms with Crippen LogP contribution in [-0.2, 0) is 19.1 Å². The maximum atomic E-state index is 12.7. The Labute approximate surface area is 207 Å². The number of aliphatic hydroxyl groups is 3. The van der Waals surface area contributed by atoms with Crippen molar-refractivity contribution >= 4 is 23.9 Å². The Balaban J connectivity index is 2.02. The molecule has 0 aromatic carbocycles. The minimum absolute atomic E-state index is 0.319. The van der Waals surface area contributed by atoms with Crippen LogP contribution >= 0.6 is 0 Å². The largest absolute Gasteiger partial charge is 0.444 e. The average Bonchev–Trinajstić information content (AvgIpc) is 3.04. The summed E-state index contributed by atoms with van der Waals surface area (Å²) in [6.45, 7) is 9.28. The molecule has 15 nitrogen and oxygen atoms in total. The van der Waals surface area contributed by atoms with Gasteiger partial charge in [-0.2, -0.15) is 4.98 Å². The van der Waals surface area contributed by atoms with E-state index in [9.17, 15) is 34.5 Å². The number of nitrogens with zero attached hydrogens (tertiary/aromatic N) is 3. The van der Waals surface area contributed by atoms with Crippen LogP contribution in [-0.4, -0.2) is 90.4 Å². The standard InChI is InChI=1S/C21H34N6O9/c1-9(2)12(24-20(34)36-21(4,5)6)16(32)23-10(3)15(31)25-18-22-8-27(19(33)26-18)17-14(30)13(29)11(7-28)35-17/h8-14,17,28-30H,7H2,1-6H3,(H,23,32)(H,24,34)(H,25,26,31,33)/t10-,11+,12-,13+,14+,17+/m0/s1. The molecule has 1 fully saturated rings. The molecule has 6 atom stereocenters. The first-order chi connectivity index (χ1) is 16.6. The van der Waals surface area contributed by atoms with Crippen molar-refractivity contribution in [3.63, 3.8) is 0 Å². The summed E-state index contributed by atoms with van der Waals surface area (Å²) in [5.41, 5.74) is -1.71. The summed E-state index contributed by atoms with van der Waals surface area (Å²) in [5.74, 6) is -2.06. The Hall–Kier alpha value is -3.14. The Kier molecular flexibility index (Phi) is 9.48. The molecule has 0 aliphatic carbocycles. The maximum Gasteiger partial charge on any atom is 0.408 e. The molecule has 0 spiro atoms. The van der Waals surface area contributed by atoms with Gasteiger partial charge >= 0.3 is 11.8 Å². The van der Waals surface area contributed by atoms with Gasteiger partial charge in [0.1, 0.15) is 42.3 Å². The number of aromatic nitrogens is 3. The van der Waals surface area contributed by atoms with E-state index >= 15 is 0 Å². The molecule has 1 aromatic heterocycles. The van der Waals surface area contributed by atoms with Crippen LogP contribution in [0.15, 0.2) is 11.1 Å². The van der Waals surface area contributed by atoms with Crippen LogP contribution in [0.4, 0.5) is 10.7 Å². The van der Waals surface area contributed by atoms with Gasteiger partial charge in [0.15, 0.2) is 6.23 Å². The van der Waals surface area contributed by atoms with Crippen LogP contribution in [0.25, 0.3) is 0 Å². The number of alkyl carbamates (subject to hydrolysis) is 1. The van der Waals surface area contributed by atoms with Gasteiger partial charge in [0.05, 0.1) is 6.61 Å². The van der Waals surface area contributed by atoms with E-state index in [0.29, 0.717) is 0 Å². The van der Waals surface area contributed by atoms with Crippen LogP contribution in [0.2, 0.25) is 0 Å². The molecule has 2 rings (SSSR count).